The van der Waals surface area contributed by atoms with Gasteiger partial charge in [-0.05, 0) is 19.8 Å². The third kappa shape index (κ3) is 2.87. The number of aryl methyl sites for hydroxylation is 1. The molecule has 0 radical (unpaired) electrons. The average molecular weight is 267 g/mol. The molecule has 1 amide bonds. The molecule has 1 saturated carbocycles. The fourth-order valence-electron chi connectivity index (χ4n) is 2.34. The Labute approximate surface area is 109 Å². The molecule has 2 atom stereocenters. The van der Waals surface area contributed by atoms with Crippen LogP contribution in [0.4, 0.5) is 5.13 Å². The normalized spacial score (nSPS) is 23.6. The SMILES string of the molecule is Cc1csc(NC(=O)C2CCCCC2C(=O)[O-])n1. The van der Waals surface area contributed by atoms with E-state index in [0.29, 0.717) is 18.0 Å². The number of carbonyl (C=O) groups is 2. The van der Waals surface area contributed by atoms with Crippen molar-refractivity contribution in [3.8, 4) is 0 Å². The van der Waals surface area contributed by atoms with Crippen molar-refractivity contribution in [3.63, 3.8) is 0 Å². The molecule has 5 nitrogen and oxygen atoms in total. The molecule has 98 valence electrons. The molecule has 1 fully saturated rings. The van der Waals surface area contributed by atoms with Crippen molar-refractivity contribution >= 4 is 28.3 Å². The molecule has 1 aliphatic carbocycles. The lowest BCUT2D eigenvalue weighted by Gasteiger charge is -2.30. The molecule has 2 rings (SSSR count). The highest BCUT2D eigenvalue weighted by Crippen LogP contribution is 2.31. The number of carboxylic acid groups (broad SMARTS) is 1. The number of hydrogen-bond donors (Lipinski definition) is 1. The number of carbonyl (C=O) groups excluding carboxylic acids is 2. The molecular formula is C12H15N2O3S-. The highest BCUT2D eigenvalue weighted by molar-refractivity contribution is 7.13. The van der Waals surface area contributed by atoms with Crippen LogP contribution in [0.1, 0.15) is 31.4 Å². The van der Waals surface area contributed by atoms with Crippen LogP contribution in [-0.2, 0) is 9.59 Å². The lowest BCUT2D eigenvalue weighted by molar-refractivity contribution is -0.313. The quantitative estimate of drug-likeness (QED) is 0.883. The molecule has 0 spiro atoms. The Morgan fingerprint density at radius 1 is 1.39 bits per heavy atom. The predicted molar refractivity (Wildman–Crippen MR) is 65.9 cm³/mol. The Hall–Kier alpha value is -1.43. The number of carboxylic acids is 1. The number of nitrogens with zero attached hydrogens (tertiary/aromatic N) is 1. The Bertz CT molecular complexity index is 458. The highest BCUT2D eigenvalue weighted by Gasteiger charge is 2.32. The summed E-state index contributed by atoms with van der Waals surface area (Å²) in [5.74, 6) is -2.53. The average Bonchev–Trinajstić information content (AvgIpc) is 2.74. The van der Waals surface area contributed by atoms with Crippen LogP contribution in [0.5, 0.6) is 0 Å². The number of anilines is 1. The van der Waals surface area contributed by atoms with Gasteiger partial charge in [0, 0.05) is 23.2 Å². The van der Waals surface area contributed by atoms with Gasteiger partial charge in [0.25, 0.3) is 0 Å². The Morgan fingerprint density at radius 2 is 2.06 bits per heavy atom. The number of aliphatic carboxylic acids is 1. The molecule has 0 aromatic carbocycles. The lowest BCUT2D eigenvalue weighted by Crippen LogP contribution is -2.42. The standard InChI is InChI=1S/C12H16N2O3S/c1-7-6-18-12(13-7)14-10(15)8-4-2-3-5-9(8)11(16)17/h6,8-9H,2-5H2,1H3,(H,16,17)(H,13,14,15)/p-1. The van der Waals surface area contributed by atoms with Crippen LogP contribution in [-0.4, -0.2) is 16.9 Å². The van der Waals surface area contributed by atoms with Gasteiger partial charge in [-0.3, -0.25) is 4.79 Å². The molecule has 1 aliphatic rings. The van der Waals surface area contributed by atoms with Crippen molar-refractivity contribution in [3.05, 3.63) is 11.1 Å². The van der Waals surface area contributed by atoms with Gasteiger partial charge in [-0.15, -0.1) is 11.3 Å². The van der Waals surface area contributed by atoms with E-state index in [4.69, 9.17) is 0 Å². The second-order valence-electron chi connectivity index (χ2n) is 4.60. The van der Waals surface area contributed by atoms with Gasteiger partial charge in [-0.2, -0.15) is 0 Å². The summed E-state index contributed by atoms with van der Waals surface area (Å²) in [5.41, 5.74) is 0.843. The number of hydrogen-bond acceptors (Lipinski definition) is 5. The Kier molecular flexibility index (Phi) is 3.96. The van der Waals surface area contributed by atoms with Crippen molar-refractivity contribution in [2.24, 2.45) is 11.8 Å². The van der Waals surface area contributed by atoms with Gasteiger partial charge >= 0.3 is 0 Å². The maximum atomic E-state index is 12.1. The fraction of sp³-hybridized carbons (Fsp3) is 0.583. The van der Waals surface area contributed by atoms with Crippen LogP contribution in [0, 0.1) is 18.8 Å². The summed E-state index contributed by atoms with van der Waals surface area (Å²) in [7, 11) is 0. The minimum atomic E-state index is -1.12. The van der Waals surface area contributed by atoms with Crippen molar-refractivity contribution < 1.29 is 14.7 Å². The van der Waals surface area contributed by atoms with Crippen LogP contribution in [0.2, 0.25) is 0 Å². The second-order valence-corrected chi connectivity index (χ2v) is 5.46. The van der Waals surface area contributed by atoms with Crippen molar-refractivity contribution in [2.75, 3.05) is 5.32 Å². The van der Waals surface area contributed by atoms with Crippen molar-refractivity contribution in [1.29, 1.82) is 0 Å². The maximum absolute atomic E-state index is 12.1. The summed E-state index contributed by atoms with van der Waals surface area (Å²) in [6.45, 7) is 1.84. The summed E-state index contributed by atoms with van der Waals surface area (Å²) in [4.78, 5) is 27.2. The molecular weight excluding hydrogens is 252 g/mol. The zero-order chi connectivity index (χ0) is 13.1. The fourth-order valence-corrected chi connectivity index (χ4v) is 3.03. The van der Waals surface area contributed by atoms with Crippen LogP contribution in [0.15, 0.2) is 5.38 Å². The summed E-state index contributed by atoms with van der Waals surface area (Å²) >= 11 is 1.35. The molecule has 2 unspecified atom stereocenters. The number of aromatic nitrogens is 1. The lowest BCUT2D eigenvalue weighted by atomic mass is 9.79. The van der Waals surface area contributed by atoms with Gasteiger partial charge in [0.1, 0.15) is 0 Å². The van der Waals surface area contributed by atoms with E-state index in [9.17, 15) is 14.7 Å². The van der Waals surface area contributed by atoms with E-state index in [1.165, 1.54) is 11.3 Å². The Balaban J connectivity index is 2.04. The molecule has 0 aliphatic heterocycles. The van der Waals surface area contributed by atoms with Crippen LogP contribution < -0.4 is 10.4 Å². The minimum absolute atomic E-state index is 0.252. The first-order valence-corrected chi connectivity index (χ1v) is 6.89. The molecule has 1 aromatic heterocycles. The molecule has 1 N–H and O–H groups in total. The molecule has 0 saturated heterocycles. The molecule has 1 aromatic rings. The van der Waals surface area contributed by atoms with Gasteiger partial charge in [-0.25, -0.2) is 4.98 Å². The van der Waals surface area contributed by atoms with E-state index >= 15 is 0 Å². The Morgan fingerprint density at radius 3 is 2.61 bits per heavy atom. The van der Waals surface area contributed by atoms with E-state index in [1.54, 1.807) is 0 Å². The van der Waals surface area contributed by atoms with Gasteiger partial charge in [-0.1, -0.05) is 12.8 Å². The van der Waals surface area contributed by atoms with Crippen LogP contribution in [0.3, 0.4) is 0 Å². The summed E-state index contributed by atoms with van der Waals surface area (Å²) in [5, 5.41) is 16.1. The van der Waals surface area contributed by atoms with Gasteiger partial charge in [0.15, 0.2) is 5.13 Å². The zero-order valence-electron chi connectivity index (χ0n) is 10.1. The maximum Gasteiger partial charge on any atom is 0.229 e. The van der Waals surface area contributed by atoms with E-state index in [1.807, 2.05) is 12.3 Å². The van der Waals surface area contributed by atoms with Gasteiger partial charge in [0.2, 0.25) is 5.91 Å². The first-order valence-electron chi connectivity index (χ1n) is 6.02. The van der Waals surface area contributed by atoms with E-state index in [0.717, 1.165) is 18.5 Å². The molecule has 6 heteroatoms. The summed E-state index contributed by atoms with van der Waals surface area (Å²) < 4.78 is 0. The van der Waals surface area contributed by atoms with E-state index in [2.05, 4.69) is 10.3 Å². The smallest absolute Gasteiger partial charge is 0.229 e. The van der Waals surface area contributed by atoms with E-state index < -0.39 is 17.8 Å². The largest absolute Gasteiger partial charge is 0.550 e. The number of nitrogens with one attached hydrogen (secondary N) is 1. The first kappa shape index (κ1) is 13.0. The first-order chi connectivity index (χ1) is 8.58. The van der Waals surface area contributed by atoms with E-state index in [-0.39, 0.29) is 5.91 Å². The monoisotopic (exact) mass is 267 g/mol. The number of amides is 1. The third-order valence-electron chi connectivity index (χ3n) is 3.25. The van der Waals surface area contributed by atoms with Gasteiger partial charge < -0.3 is 15.2 Å². The summed E-state index contributed by atoms with van der Waals surface area (Å²) in [6.07, 6.45) is 2.86. The van der Waals surface area contributed by atoms with Crippen LogP contribution in [0.25, 0.3) is 0 Å². The molecule has 0 bridgehead atoms. The van der Waals surface area contributed by atoms with Crippen molar-refractivity contribution in [2.45, 2.75) is 32.6 Å². The predicted octanol–water partition coefficient (Wildman–Crippen LogP) is 0.946. The van der Waals surface area contributed by atoms with Gasteiger partial charge in [0.05, 0.1) is 5.69 Å². The molecule has 1 heterocycles. The van der Waals surface area contributed by atoms with Crippen LogP contribution >= 0.6 is 11.3 Å². The minimum Gasteiger partial charge on any atom is -0.550 e. The number of thiazole rings is 1. The molecule has 18 heavy (non-hydrogen) atoms. The topological polar surface area (TPSA) is 82.1 Å². The number of rotatable bonds is 3. The highest BCUT2D eigenvalue weighted by atomic mass is 32.1. The van der Waals surface area contributed by atoms with Crippen molar-refractivity contribution in [1.82, 2.24) is 4.98 Å². The second kappa shape index (κ2) is 5.48. The zero-order valence-corrected chi connectivity index (χ0v) is 11.0. The third-order valence-corrected chi connectivity index (χ3v) is 4.13. The summed E-state index contributed by atoms with van der Waals surface area (Å²) in [6, 6.07) is 0.